The van der Waals surface area contributed by atoms with Crippen molar-refractivity contribution in [2.75, 3.05) is 13.1 Å². The summed E-state index contributed by atoms with van der Waals surface area (Å²) in [6.45, 7) is 2.23. The molecule has 3 nitrogen and oxygen atoms in total. The maximum atomic E-state index is 5.60. The quantitative estimate of drug-likeness (QED) is 0.909. The molecule has 0 amide bonds. The van der Waals surface area contributed by atoms with Crippen molar-refractivity contribution in [1.29, 1.82) is 0 Å². The molecule has 19 heavy (non-hydrogen) atoms. The first-order valence-electron chi connectivity index (χ1n) is 7.03. The van der Waals surface area contributed by atoms with E-state index in [0.29, 0.717) is 0 Å². The lowest BCUT2D eigenvalue weighted by Gasteiger charge is -2.31. The lowest BCUT2D eigenvalue weighted by Crippen LogP contribution is -2.43. The van der Waals surface area contributed by atoms with Gasteiger partial charge in [-0.15, -0.1) is 0 Å². The molecule has 1 aromatic heterocycles. The van der Waals surface area contributed by atoms with Crippen molar-refractivity contribution in [2.45, 2.75) is 25.3 Å². The summed E-state index contributed by atoms with van der Waals surface area (Å²) in [5, 5.41) is 2.32. The average molecular weight is 256 g/mol. The van der Waals surface area contributed by atoms with Crippen molar-refractivity contribution in [1.82, 2.24) is 10.4 Å². The molecule has 0 radical (unpaired) electrons. The van der Waals surface area contributed by atoms with Gasteiger partial charge in [0.15, 0.2) is 0 Å². The molecule has 0 aliphatic carbocycles. The maximum absolute atomic E-state index is 5.60. The van der Waals surface area contributed by atoms with E-state index in [0.717, 1.165) is 18.8 Å². The van der Waals surface area contributed by atoms with Crippen LogP contribution in [0, 0.1) is 0 Å². The van der Waals surface area contributed by atoms with E-state index in [1.807, 2.05) is 18.2 Å². The molecule has 2 heterocycles. The van der Waals surface area contributed by atoms with Crippen LogP contribution < -0.4 is 5.43 Å². The van der Waals surface area contributed by atoms with Crippen LogP contribution in [0.5, 0.6) is 0 Å². The summed E-state index contributed by atoms with van der Waals surface area (Å²) in [5.41, 5.74) is 4.85. The van der Waals surface area contributed by atoms with Crippen LogP contribution in [0.3, 0.4) is 0 Å². The molecule has 1 aliphatic rings. The topological polar surface area (TPSA) is 28.4 Å². The lowest BCUT2D eigenvalue weighted by molar-refractivity contribution is 0.132. The molecule has 0 bridgehead atoms. The van der Waals surface area contributed by atoms with Gasteiger partial charge >= 0.3 is 0 Å². The fraction of sp³-hybridized carbons (Fsp3) is 0.375. The summed E-state index contributed by atoms with van der Waals surface area (Å²) in [4.78, 5) is 0. The summed E-state index contributed by atoms with van der Waals surface area (Å²) in [5.74, 6) is 0.969. The van der Waals surface area contributed by atoms with E-state index in [1.54, 1.807) is 6.26 Å². The van der Waals surface area contributed by atoms with Crippen molar-refractivity contribution >= 4 is 0 Å². The monoisotopic (exact) mass is 256 g/mol. The largest absolute Gasteiger partial charge is 0.467 e. The summed E-state index contributed by atoms with van der Waals surface area (Å²) in [6.07, 6.45) is 5.62. The molecule has 1 N–H and O–H groups in total. The predicted octanol–water partition coefficient (Wildman–Crippen LogP) is 3.36. The van der Waals surface area contributed by atoms with Gasteiger partial charge in [0.1, 0.15) is 11.8 Å². The van der Waals surface area contributed by atoms with Crippen LogP contribution in [-0.2, 0) is 0 Å². The van der Waals surface area contributed by atoms with Crippen LogP contribution in [0.1, 0.15) is 36.6 Å². The fourth-order valence-corrected chi connectivity index (χ4v) is 2.61. The molecular weight excluding hydrogens is 236 g/mol. The van der Waals surface area contributed by atoms with E-state index in [-0.39, 0.29) is 6.04 Å². The zero-order valence-electron chi connectivity index (χ0n) is 11.1. The highest BCUT2D eigenvalue weighted by Gasteiger charge is 2.20. The zero-order chi connectivity index (χ0) is 12.9. The second kappa shape index (κ2) is 6.04. The SMILES string of the molecule is c1ccc(C(NN2CCCCC2)c2ccco2)cc1. The van der Waals surface area contributed by atoms with Gasteiger partial charge in [0.25, 0.3) is 0 Å². The standard InChI is InChI=1S/C16H20N2O/c1-3-8-14(9-4-1)16(15-10-7-13-19-15)17-18-11-5-2-6-12-18/h1,3-4,7-10,13,16-17H,2,5-6,11-12H2. The highest BCUT2D eigenvalue weighted by atomic mass is 16.3. The molecule has 1 fully saturated rings. The van der Waals surface area contributed by atoms with E-state index in [4.69, 9.17) is 4.42 Å². The number of nitrogens with zero attached hydrogens (tertiary/aromatic N) is 1. The number of piperidine rings is 1. The van der Waals surface area contributed by atoms with Gasteiger partial charge < -0.3 is 4.42 Å². The Balaban J connectivity index is 1.80. The molecule has 1 saturated heterocycles. The highest BCUT2D eigenvalue weighted by Crippen LogP contribution is 2.23. The van der Waals surface area contributed by atoms with Gasteiger partial charge in [-0.3, -0.25) is 0 Å². The van der Waals surface area contributed by atoms with Crippen molar-refractivity contribution in [3.63, 3.8) is 0 Å². The first-order valence-corrected chi connectivity index (χ1v) is 7.03. The molecule has 100 valence electrons. The predicted molar refractivity (Wildman–Crippen MR) is 75.6 cm³/mol. The minimum Gasteiger partial charge on any atom is -0.467 e. The smallest absolute Gasteiger partial charge is 0.126 e. The van der Waals surface area contributed by atoms with Crippen molar-refractivity contribution in [2.24, 2.45) is 0 Å². The number of nitrogens with one attached hydrogen (secondary N) is 1. The molecule has 0 spiro atoms. The van der Waals surface area contributed by atoms with Crippen LogP contribution in [-0.4, -0.2) is 18.1 Å². The zero-order valence-corrected chi connectivity index (χ0v) is 11.1. The van der Waals surface area contributed by atoms with E-state index >= 15 is 0 Å². The van der Waals surface area contributed by atoms with E-state index in [9.17, 15) is 0 Å². The third-order valence-corrected chi connectivity index (χ3v) is 3.63. The van der Waals surface area contributed by atoms with Gasteiger partial charge in [-0.25, -0.2) is 10.4 Å². The number of benzene rings is 1. The Hall–Kier alpha value is -1.58. The third-order valence-electron chi connectivity index (χ3n) is 3.63. The number of hydrazine groups is 1. The summed E-state index contributed by atoms with van der Waals surface area (Å²) in [7, 11) is 0. The van der Waals surface area contributed by atoms with Gasteiger partial charge in [0.2, 0.25) is 0 Å². The lowest BCUT2D eigenvalue weighted by atomic mass is 10.1. The second-order valence-corrected chi connectivity index (χ2v) is 5.04. The third kappa shape index (κ3) is 3.06. The molecule has 1 atom stereocenters. The molecule has 3 rings (SSSR count). The maximum Gasteiger partial charge on any atom is 0.126 e. The normalized spacial score (nSPS) is 18.3. The van der Waals surface area contributed by atoms with E-state index in [1.165, 1.54) is 24.8 Å². The molecule has 2 aromatic rings. The van der Waals surface area contributed by atoms with Crippen LogP contribution in [0.15, 0.2) is 53.1 Å². The first-order chi connectivity index (χ1) is 9.43. The minimum atomic E-state index is 0.106. The van der Waals surface area contributed by atoms with Crippen LogP contribution in [0.25, 0.3) is 0 Å². The van der Waals surface area contributed by atoms with Crippen molar-refractivity contribution in [3.05, 3.63) is 60.1 Å². The Labute approximate surface area is 114 Å². The Morgan fingerprint density at radius 3 is 2.42 bits per heavy atom. The number of rotatable bonds is 4. The Bertz CT molecular complexity index is 475. The van der Waals surface area contributed by atoms with Gasteiger partial charge in [0.05, 0.1) is 6.26 Å². The highest BCUT2D eigenvalue weighted by molar-refractivity contribution is 5.26. The Kier molecular flexibility index (Phi) is 3.96. The molecule has 1 aromatic carbocycles. The Morgan fingerprint density at radius 1 is 0.947 bits per heavy atom. The van der Waals surface area contributed by atoms with Crippen LogP contribution >= 0.6 is 0 Å². The molecular formula is C16H20N2O. The summed E-state index contributed by atoms with van der Waals surface area (Å²) >= 11 is 0. The molecule has 1 aliphatic heterocycles. The van der Waals surface area contributed by atoms with Gasteiger partial charge in [-0.2, -0.15) is 0 Å². The number of hydrogen-bond donors (Lipinski definition) is 1. The first kappa shape index (κ1) is 12.5. The fourth-order valence-electron chi connectivity index (χ4n) is 2.61. The van der Waals surface area contributed by atoms with Crippen LogP contribution in [0.2, 0.25) is 0 Å². The summed E-state index contributed by atoms with van der Waals surface area (Å²) in [6, 6.07) is 14.6. The van der Waals surface area contributed by atoms with Gasteiger partial charge in [-0.05, 0) is 30.5 Å². The van der Waals surface area contributed by atoms with E-state index in [2.05, 4.69) is 34.7 Å². The number of hydrogen-bond acceptors (Lipinski definition) is 3. The molecule has 0 saturated carbocycles. The Morgan fingerprint density at radius 2 is 1.74 bits per heavy atom. The van der Waals surface area contributed by atoms with Crippen LogP contribution in [0.4, 0.5) is 0 Å². The van der Waals surface area contributed by atoms with Gasteiger partial charge in [-0.1, -0.05) is 36.8 Å². The summed E-state index contributed by atoms with van der Waals surface area (Å²) < 4.78 is 5.60. The van der Waals surface area contributed by atoms with Crippen molar-refractivity contribution < 1.29 is 4.42 Å². The molecule has 3 heteroatoms. The average Bonchev–Trinajstić information content (AvgIpc) is 3.01. The minimum absolute atomic E-state index is 0.106. The number of furan rings is 1. The van der Waals surface area contributed by atoms with E-state index < -0.39 is 0 Å². The second-order valence-electron chi connectivity index (χ2n) is 5.04. The molecule has 1 unspecified atom stereocenters. The van der Waals surface area contributed by atoms with Gasteiger partial charge in [0, 0.05) is 13.1 Å². The van der Waals surface area contributed by atoms with Crippen molar-refractivity contribution in [3.8, 4) is 0 Å².